The number of rotatable bonds is 6. The van der Waals surface area contributed by atoms with Gasteiger partial charge >= 0.3 is 0 Å². The Morgan fingerprint density at radius 3 is 2.59 bits per heavy atom. The van der Waals surface area contributed by atoms with Crippen LogP contribution in [0.1, 0.15) is 38.3 Å². The minimum Gasteiger partial charge on any atom is -0.384 e. The van der Waals surface area contributed by atoms with Crippen LogP contribution in [0.5, 0.6) is 0 Å². The predicted octanol–water partition coefficient (Wildman–Crippen LogP) is 3.34. The van der Waals surface area contributed by atoms with E-state index < -0.39 is 0 Å². The molecule has 3 N–H and O–H groups in total. The third kappa shape index (κ3) is 4.04. The Kier molecular flexibility index (Phi) is 5.01. The molecule has 17 heavy (non-hydrogen) atoms. The van der Waals surface area contributed by atoms with Crippen LogP contribution in [0.3, 0.4) is 0 Å². The number of para-hydroxylation sites is 1. The van der Waals surface area contributed by atoms with Crippen molar-refractivity contribution < 1.29 is 0 Å². The van der Waals surface area contributed by atoms with E-state index in [9.17, 15) is 0 Å². The monoisotopic (exact) mass is 234 g/mol. The smallest absolute Gasteiger partial charge is 0.0402 e. The molecule has 1 aromatic rings. The summed E-state index contributed by atoms with van der Waals surface area (Å²) in [7, 11) is 0. The SMILES string of the molecule is CCc1cccc(C)c1NCC(C)(C)CCN. The molecular weight excluding hydrogens is 208 g/mol. The first-order valence-electron chi connectivity index (χ1n) is 6.52. The zero-order chi connectivity index (χ0) is 12.9. The van der Waals surface area contributed by atoms with Crippen molar-refractivity contribution in [3.05, 3.63) is 29.3 Å². The second-order valence-electron chi connectivity index (χ2n) is 5.52. The number of nitrogens with one attached hydrogen (secondary N) is 1. The van der Waals surface area contributed by atoms with Gasteiger partial charge in [0, 0.05) is 12.2 Å². The predicted molar refractivity (Wildman–Crippen MR) is 76.5 cm³/mol. The average molecular weight is 234 g/mol. The van der Waals surface area contributed by atoms with Crippen molar-refractivity contribution in [1.82, 2.24) is 0 Å². The highest BCUT2D eigenvalue weighted by Crippen LogP contribution is 2.25. The van der Waals surface area contributed by atoms with Gasteiger partial charge in [0.05, 0.1) is 0 Å². The van der Waals surface area contributed by atoms with Crippen molar-refractivity contribution in [3.8, 4) is 0 Å². The van der Waals surface area contributed by atoms with Crippen molar-refractivity contribution in [2.45, 2.75) is 40.5 Å². The minimum atomic E-state index is 0.252. The van der Waals surface area contributed by atoms with E-state index in [0.717, 1.165) is 25.9 Å². The highest BCUT2D eigenvalue weighted by Gasteiger charge is 2.17. The largest absolute Gasteiger partial charge is 0.384 e. The van der Waals surface area contributed by atoms with Gasteiger partial charge in [-0.3, -0.25) is 0 Å². The molecule has 2 heteroatoms. The lowest BCUT2D eigenvalue weighted by Gasteiger charge is -2.26. The molecule has 0 radical (unpaired) electrons. The fraction of sp³-hybridized carbons (Fsp3) is 0.600. The molecule has 96 valence electrons. The van der Waals surface area contributed by atoms with Crippen molar-refractivity contribution in [1.29, 1.82) is 0 Å². The van der Waals surface area contributed by atoms with Crippen LogP contribution in [0.4, 0.5) is 5.69 Å². The molecule has 0 aliphatic heterocycles. The van der Waals surface area contributed by atoms with E-state index in [1.165, 1.54) is 16.8 Å². The summed E-state index contributed by atoms with van der Waals surface area (Å²) >= 11 is 0. The first-order valence-corrected chi connectivity index (χ1v) is 6.52. The molecule has 0 saturated heterocycles. The second kappa shape index (κ2) is 6.06. The Hall–Kier alpha value is -1.02. The van der Waals surface area contributed by atoms with Gasteiger partial charge < -0.3 is 11.1 Å². The molecule has 0 atom stereocenters. The summed E-state index contributed by atoms with van der Waals surface area (Å²) in [5.41, 5.74) is 9.92. The lowest BCUT2D eigenvalue weighted by atomic mass is 9.89. The van der Waals surface area contributed by atoms with E-state index in [1.54, 1.807) is 0 Å². The lowest BCUT2D eigenvalue weighted by molar-refractivity contribution is 0.365. The molecule has 1 rings (SSSR count). The maximum Gasteiger partial charge on any atom is 0.0402 e. The summed E-state index contributed by atoms with van der Waals surface area (Å²) in [6, 6.07) is 6.49. The molecule has 0 aliphatic rings. The van der Waals surface area contributed by atoms with Gasteiger partial charge in [-0.05, 0) is 42.9 Å². The minimum absolute atomic E-state index is 0.252. The summed E-state index contributed by atoms with van der Waals surface area (Å²) in [4.78, 5) is 0. The number of benzene rings is 1. The standard InChI is InChI=1S/C15H26N2/c1-5-13-8-6-7-12(2)14(13)17-11-15(3,4)9-10-16/h6-8,17H,5,9-11,16H2,1-4H3. The molecule has 0 aliphatic carbocycles. The van der Waals surface area contributed by atoms with E-state index in [2.05, 4.69) is 51.2 Å². The van der Waals surface area contributed by atoms with Crippen LogP contribution in [-0.4, -0.2) is 13.1 Å². The number of hydrogen-bond acceptors (Lipinski definition) is 2. The molecule has 0 heterocycles. The van der Waals surface area contributed by atoms with Gasteiger partial charge in [0.2, 0.25) is 0 Å². The Morgan fingerprint density at radius 2 is 2.00 bits per heavy atom. The van der Waals surface area contributed by atoms with Gasteiger partial charge in [0.25, 0.3) is 0 Å². The van der Waals surface area contributed by atoms with E-state index in [0.29, 0.717) is 0 Å². The van der Waals surface area contributed by atoms with Crippen molar-refractivity contribution in [3.63, 3.8) is 0 Å². The zero-order valence-electron chi connectivity index (χ0n) is 11.6. The van der Waals surface area contributed by atoms with Crippen LogP contribution in [0, 0.1) is 12.3 Å². The highest BCUT2D eigenvalue weighted by atomic mass is 14.9. The molecule has 0 fully saturated rings. The quantitative estimate of drug-likeness (QED) is 0.792. The fourth-order valence-corrected chi connectivity index (χ4v) is 2.08. The normalized spacial score (nSPS) is 11.6. The summed E-state index contributed by atoms with van der Waals surface area (Å²) < 4.78 is 0. The number of anilines is 1. The van der Waals surface area contributed by atoms with E-state index in [1.807, 2.05) is 0 Å². The number of aryl methyl sites for hydroxylation is 2. The summed E-state index contributed by atoms with van der Waals surface area (Å²) in [5, 5.41) is 3.60. The molecule has 0 bridgehead atoms. The second-order valence-corrected chi connectivity index (χ2v) is 5.52. The molecule has 0 aromatic heterocycles. The molecular formula is C15H26N2. The summed E-state index contributed by atoms with van der Waals surface area (Å²) in [6.07, 6.45) is 2.12. The highest BCUT2D eigenvalue weighted by molar-refractivity contribution is 5.57. The van der Waals surface area contributed by atoms with E-state index >= 15 is 0 Å². The van der Waals surface area contributed by atoms with Crippen LogP contribution in [0.25, 0.3) is 0 Å². The van der Waals surface area contributed by atoms with Crippen LogP contribution < -0.4 is 11.1 Å². The Bertz CT molecular complexity index is 356. The summed E-state index contributed by atoms with van der Waals surface area (Å²) in [5.74, 6) is 0. The Labute approximate surface area is 106 Å². The Balaban J connectivity index is 2.75. The van der Waals surface area contributed by atoms with Gasteiger partial charge in [0.15, 0.2) is 0 Å². The van der Waals surface area contributed by atoms with Gasteiger partial charge in [-0.1, -0.05) is 39.0 Å². The third-order valence-corrected chi connectivity index (χ3v) is 3.30. The average Bonchev–Trinajstić information content (AvgIpc) is 2.27. The van der Waals surface area contributed by atoms with Gasteiger partial charge in [0.1, 0.15) is 0 Å². The van der Waals surface area contributed by atoms with Gasteiger partial charge in [-0.2, -0.15) is 0 Å². The van der Waals surface area contributed by atoms with Crippen LogP contribution >= 0.6 is 0 Å². The first-order chi connectivity index (χ1) is 8.00. The summed E-state index contributed by atoms with van der Waals surface area (Å²) in [6.45, 7) is 10.6. The zero-order valence-corrected chi connectivity index (χ0v) is 11.6. The van der Waals surface area contributed by atoms with Crippen molar-refractivity contribution >= 4 is 5.69 Å². The molecule has 2 nitrogen and oxygen atoms in total. The number of hydrogen-bond donors (Lipinski definition) is 2. The maximum absolute atomic E-state index is 5.64. The van der Waals surface area contributed by atoms with Gasteiger partial charge in [-0.15, -0.1) is 0 Å². The van der Waals surface area contributed by atoms with Crippen molar-refractivity contribution in [2.24, 2.45) is 11.1 Å². The van der Waals surface area contributed by atoms with E-state index in [-0.39, 0.29) is 5.41 Å². The number of nitrogens with two attached hydrogens (primary N) is 1. The first kappa shape index (κ1) is 14.0. The van der Waals surface area contributed by atoms with Gasteiger partial charge in [-0.25, -0.2) is 0 Å². The molecule has 1 aromatic carbocycles. The van der Waals surface area contributed by atoms with Crippen LogP contribution in [-0.2, 0) is 6.42 Å². The molecule has 0 saturated carbocycles. The third-order valence-electron chi connectivity index (χ3n) is 3.30. The molecule has 0 unspecified atom stereocenters. The van der Waals surface area contributed by atoms with E-state index in [4.69, 9.17) is 5.73 Å². The van der Waals surface area contributed by atoms with Crippen LogP contribution in [0.2, 0.25) is 0 Å². The lowest BCUT2D eigenvalue weighted by Crippen LogP contribution is -2.26. The fourth-order valence-electron chi connectivity index (χ4n) is 2.08. The topological polar surface area (TPSA) is 38.0 Å². The maximum atomic E-state index is 5.64. The molecule has 0 amide bonds. The molecule has 0 spiro atoms. The Morgan fingerprint density at radius 1 is 1.29 bits per heavy atom. The van der Waals surface area contributed by atoms with Crippen molar-refractivity contribution in [2.75, 3.05) is 18.4 Å². The van der Waals surface area contributed by atoms with Crippen LogP contribution in [0.15, 0.2) is 18.2 Å².